The summed E-state index contributed by atoms with van der Waals surface area (Å²) in [6, 6.07) is 5.03. The molecule has 0 spiro atoms. The second-order valence-corrected chi connectivity index (χ2v) is 7.22. The van der Waals surface area contributed by atoms with Gasteiger partial charge in [0.2, 0.25) is 0 Å². The first-order valence-corrected chi connectivity index (χ1v) is 8.58. The lowest BCUT2D eigenvalue weighted by atomic mass is 9.89. The molecule has 1 fully saturated rings. The largest absolute Gasteiger partial charge is 0.490 e. The molecule has 0 unspecified atom stereocenters. The average Bonchev–Trinajstić information content (AvgIpc) is 3.30. The first kappa shape index (κ1) is 18.6. The van der Waals surface area contributed by atoms with Crippen LogP contribution in [0.15, 0.2) is 18.2 Å². The van der Waals surface area contributed by atoms with Crippen molar-refractivity contribution in [1.29, 1.82) is 0 Å². The molecule has 0 heterocycles. The molecule has 1 aliphatic rings. The minimum absolute atomic E-state index is 0.193. The van der Waals surface area contributed by atoms with Gasteiger partial charge in [-0.1, -0.05) is 25.4 Å². The Morgan fingerprint density at radius 3 is 2.67 bits per heavy atom. The van der Waals surface area contributed by atoms with E-state index in [-0.39, 0.29) is 24.4 Å². The Bertz CT molecular complexity index is 611. The lowest BCUT2D eigenvalue weighted by molar-refractivity contribution is -0.145. The number of benzene rings is 1. The molecule has 5 nitrogen and oxygen atoms in total. The lowest BCUT2D eigenvalue weighted by Crippen LogP contribution is -2.35. The van der Waals surface area contributed by atoms with Gasteiger partial charge < -0.3 is 14.8 Å². The quantitative estimate of drug-likeness (QED) is 0.725. The van der Waals surface area contributed by atoms with Gasteiger partial charge in [0.15, 0.2) is 0 Å². The van der Waals surface area contributed by atoms with Crippen LogP contribution >= 0.6 is 11.6 Å². The summed E-state index contributed by atoms with van der Waals surface area (Å²) in [4.78, 5) is 24.1. The molecule has 1 saturated carbocycles. The maximum Gasteiger partial charge on any atom is 0.306 e. The van der Waals surface area contributed by atoms with Crippen LogP contribution in [-0.2, 0) is 9.53 Å². The molecule has 0 radical (unpaired) electrons. The molecular weight excluding hydrogens is 330 g/mol. The van der Waals surface area contributed by atoms with E-state index in [0.717, 1.165) is 12.8 Å². The molecular formula is C18H24ClNO4. The standard InChI is InChI=1S/C18H24ClNO4/c1-4-23-16(21)10-18(2,3)11-20-17(22)14-9-12(19)5-8-15(14)24-13-6-7-13/h5,8-9,13H,4,6-7,10-11H2,1-3H3,(H,20,22). The second kappa shape index (κ2) is 7.88. The number of esters is 1. The molecule has 0 aromatic heterocycles. The van der Waals surface area contributed by atoms with Crippen LogP contribution in [0, 0.1) is 5.41 Å². The van der Waals surface area contributed by atoms with E-state index in [1.807, 2.05) is 13.8 Å². The fourth-order valence-electron chi connectivity index (χ4n) is 2.23. The Morgan fingerprint density at radius 1 is 1.33 bits per heavy atom. The number of rotatable bonds is 8. The molecule has 132 valence electrons. The van der Waals surface area contributed by atoms with E-state index in [0.29, 0.717) is 29.5 Å². The van der Waals surface area contributed by atoms with Crippen LogP contribution < -0.4 is 10.1 Å². The molecule has 0 saturated heterocycles. The first-order chi connectivity index (χ1) is 11.3. The van der Waals surface area contributed by atoms with Crippen LogP contribution in [0.3, 0.4) is 0 Å². The van der Waals surface area contributed by atoms with E-state index in [1.54, 1.807) is 25.1 Å². The van der Waals surface area contributed by atoms with Crippen molar-refractivity contribution in [2.24, 2.45) is 5.41 Å². The van der Waals surface area contributed by atoms with Crippen molar-refractivity contribution in [3.63, 3.8) is 0 Å². The van der Waals surface area contributed by atoms with Gasteiger partial charge in [0.1, 0.15) is 5.75 Å². The number of ether oxygens (including phenoxy) is 2. The van der Waals surface area contributed by atoms with Crippen LogP contribution in [-0.4, -0.2) is 31.1 Å². The Labute approximate surface area is 147 Å². The number of hydrogen-bond donors (Lipinski definition) is 1. The fraction of sp³-hybridized carbons (Fsp3) is 0.556. The SMILES string of the molecule is CCOC(=O)CC(C)(C)CNC(=O)c1cc(Cl)ccc1OC1CC1. The summed E-state index contributed by atoms with van der Waals surface area (Å²) in [5.74, 6) is 0.0185. The summed E-state index contributed by atoms with van der Waals surface area (Å²) in [7, 11) is 0. The Balaban J connectivity index is 1.98. The molecule has 1 aromatic carbocycles. The van der Waals surface area contributed by atoms with Crippen LogP contribution in [0.2, 0.25) is 5.02 Å². The van der Waals surface area contributed by atoms with Crippen molar-refractivity contribution < 1.29 is 19.1 Å². The smallest absolute Gasteiger partial charge is 0.306 e. The summed E-state index contributed by atoms with van der Waals surface area (Å²) in [5.41, 5.74) is 0.0131. The average molecular weight is 354 g/mol. The predicted molar refractivity (Wildman–Crippen MR) is 92.5 cm³/mol. The minimum Gasteiger partial charge on any atom is -0.490 e. The van der Waals surface area contributed by atoms with E-state index < -0.39 is 5.41 Å². The third-order valence-electron chi connectivity index (χ3n) is 3.66. The summed E-state index contributed by atoms with van der Waals surface area (Å²) < 4.78 is 10.7. The van der Waals surface area contributed by atoms with Crippen molar-refractivity contribution in [2.45, 2.75) is 46.1 Å². The van der Waals surface area contributed by atoms with Gasteiger partial charge in [-0.2, -0.15) is 0 Å². The van der Waals surface area contributed by atoms with Crippen molar-refractivity contribution >= 4 is 23.5 Å². The van der Waals surface area contributed by atoms with Gasteiger partial charge >= 0.3 is 5.97 Å². The summed E-state index contributed by atoms with van der Waals surface area (Å²) in [6.45, 7) is 6.28. The molecule has 2 rings (SSSR count). The highest BCUT2D eigenvalue weighted by Crippen LogP contribution is 2.31. The van der Waals surface area contributed by atoms with E-state index >= 15 is 0 Å². The third-order valence-corrected chi connectivity index (χ3v) is 3.90. The third kappa shape index (κ3) is 5.71. The molecule has 0 aliphatic heterocycles. The monoisotopic (exact) mass is 353 g/mol. The first-order valence-electron chi connectivity index (χ1n) is 8.21. The van der Waals surface area contributed by atoms with Crippen molar-refractivity contribution in [3.8, 4) is 5.75 Å². The van der Waals surface area contributed by atoms with Gasteiger partial charge in [-0.15, -0.1) is 0 Å². The number of halogens is 1. The normalized spacial score (nSPS) is 14.2. The summed E-state index contributed by atoms with van der Waals surface area (Å²) >= 11 is 6.01. The highest BCUT2D eigenvalue weighted by Gasteiger charge is 2.27. The van der Waals surface area contributed by atoms with Crippen molar-refractivity contribution in [2.75, 3.05) is 13.2 Å². The van der Waals surface area contributed by atoms with Crippen LogP contribution in [0.25, 0.3) is 0 Å². The topological polar surface area (TPSA) is 64.6 Å². The highest BCUT2D eigenvalue weighted by molar-refractivity contribution is 6.31. The lowest BCUT2D eigenvalue weighted by Gasteiger charge is -2.24. The number of nitrogens with one attached hydrogen (secondary N) is 1. The van der Waals surface area contributed by atoms with Gasteiger partial charge in [-0.05, 0) is 43.4 Å². The van der Waals surface area contributed by atoms with E-state index in [4.69, 9.17) is 21.1 Å². The molecule has 1 aliphatic carbocycles. The molecule has 1 N–H and O–H groups in total. The number of hydrogen-bond acceptors (Lipinski definition) is 4. The highest BCUT2D eigenvalue weighted by atomic mass is 35.5. The van der Waals surface area contributed by atoms with E-state index in [2.05, 4.69) is 5.32 Å². The minimum atomic E-state index is -0.405. The Hall–Kier alpha value is -1.75. The zero-order chi connectivity index (χ0) is 17.7. The summed E-state index contributed by atoms with van der Waals surface area (Å²) in [6.07, 6.45) is 2.45. The predicted octanol–water partition coefficient (Wildman–Crippen LogP) is 3.59. The maximum atomic E-state index is 12.5. The molecule has 0 bridgehead atoms. The number of amides is 1. The number of carbonyl (C=O) groups excluding carboxylic acids is 2. The van der Waals surface area contributed by atoms with E-state index in [1.165, 1.54) is 0 Å². The van der Waals surface area contributed by atoms with Crippen LogP contribution in [0.1, 0.15) is 50.4 Å². The van der Waals surface area contributed by atoms with Crippen LogP contribution in [0.5, 0.6) is 5.75 Å². The molecule has 0 atom stereocenters. The van der Waals surface area contributed by atoms with Crippen LogP contribution in [0.4, 0.5) is 0 Å². The summed E-state index contributed by atoms with van der Waals surface area (Å²) in [5, 5.41) is 3.34. The molecule has 1 amide bonds. The van der Waals surface area contributed by atoms with Crippen molar-refractivity contribution in [1.82, 2.24) is 5.32 Å². The zero-order valence-corrected chi connectivity index (χ0v) is 15.1. The molecule has 1 aromatic rings. The van der Waals surface area contributed by atoms with Gasteiger partial charge in [-0.3, -0.25) is 9.59 Å². The Kier molecular flexibility index (Phi) is 6.10. The van der Waals surface area contributed by atoms with Gasteiger partial charge in [0.05, 0.1) is 24.7 Å². The zero-order valence-electron chi connectivity index (χ0n) is 14.4. The molecule has 6 heteroatoms. The maximum absolute atomic E-state index is 12.5. The van der Waals surface area contributed by atoms with Gasteiger partial charge in [-0.25, -0.2) is 0 Å². The Morgan fingerprint density at radius 2 is 2.04 bits per heavy atom. The van der Waals surface area contributed by atoms with E-state index in [9.17, 15) is 9.59 Å². The number of carbonyl (C=O) groups is 2. The van der Waals surface area contributed by atoms with Gasteiger partial charge in [0, 0.05) is 11.6 Å². The second-order valence-electron chi connectivity index (χ2n) is 6.79. The van der Waals surface area contributed by atoms with Gasteiger partial charge in [0.25, 0.3) is 5.91 Å². The fourth-order valence-corrected chi connectivity index (χ4v) is 2.40. The molecule has 24 heavy (non-hydrogen) atoms. The van der Waals surface area contributed by atoms with Crippen molar-refractivity contribution in [3.05, 3.63) is 28.8 Å².